The smallest absolute Gasteiger partial charge is 0.223 e. The molecule has 0 aliphatic heterocycles. The summed E-state index contributed by atoms with van der Waals surface area (Å²) in [5.74, 6) is 0.0184. The molecule has 0 rings (SSSR count). The Labute approximate surface area is 49.6 Å². The Bertz CT molecular complexity index is 96.7. The second kappa shape index (κ2) is 4.37. The van der Waals surface area contributed by atoms with E-state index in [9.17, 15) is 4.79 Å². The van der Waals surface area contributed by atoms with Crippen molar-refractivity contribution in [3.05, 3.63) is 19.1 Å². The molecule has 0 spiro atoms. The van der Waals surface area contributed by atoms with E-state index in [0.29, 0.717) is 6.42 Å². The number of hydrogen-bond donors (Lipinski definition) is 1. The Morgan fingerprint density at radius 2 is 2.50 bits per heavy atom. The SMILES string of the molecule is [CH2]C=CCC(=O)NC. The molecular formula is C6H10NO. The van der Waals surface area contributed by atoms with Crippen molar-refractivity contribution in [1.82, 2.24) is 5.32 Å². The van der Waals surface area contributed by atoms with E-state index >= 15 is 0 Å². The fourth-order valence-electron chi connectivity index (χ4n) is 0.292. The summed E-state index contributed by atoms with van der Waals surface area (Å²) in [7, 11) is 1.61. The Kier molecular flexibility index (Phi) is 3.94. The van der Waals surface area contributed by atoms with E-state index < -0.39 is 0 Å². The van der Waals surface area contributed by atoms with Gasteiger partial charge in [-0.2, -0.15) is 0 Å². The van der Waals surface area contributed by atoms with Crippen LogP contribution in [0.25, 0.3) is 0 Å². The zero-order chi connectivity index (χ0) is 6.41. The van der Waals surface area contributed by atoms with Gasteiger partial charge in [-0.1, -0.05) is 12.2 Å². The molecule has 0 aromatic rings. The fraction of sp³-hybridized carbons (Fsp3) is 0.333. The summed E-state index contributed by atoms with van der Waals surface area (Å²) in [6.45, 7) is 3.43. The molecule has 2 nitrogen and oxygen atoms in total. The topological polar surface area (TPSA) is 29.1 Å². The molecule has 0 aliphatic rings. The maximum atomic E-state index is 10.4. The monoisotopic (exact) mass is 112 g/mol. The highest BCUT2D eigenvalue weighted by atomic mass is 16.1. The van der Waals surface area contributed by atoms with E-state index in [1.807, 2.05) is 0 Å². The lowest BCUT2D eigenvalue weighted by atomic mass is 10.4. The summed E-state index contributed by atoms with van der Waals surface area (Å²) in [6, 6.07) is 0. The van der Waals surface area contributed by atoms with Gasteiger partial charge < -0.3 is 5.32 Å². The molecule has 1 amide bonds. The summed E-state index contributed by atoms with van der Waals surface area (Å²) in [5, 5.41) is 2.48. The first-order valence-corrected chi connectivity index (χ1v) is 2.46. The van der Waals surface area contributed by atoms with Gasteiger partial charge in [0.1, 0.15) is 0 Å². The van der Waals surface area contributed by atoms with Gasteiger partial charge in [0.2, 0.25) is 5.91 Å². The summed E-state index contributed by atoms with van der Waals surface area (Å²) in [5.41, 5.74) is 0. The van der Waals surface area contributed by atoms with Crippen molar-refractivity contribution in [2.24, 2.45) is 0 Å². The van der Waals surface area contributed by atoms with Crippen LogP contribution >= 0.6 is 0 Å². The average Bonchev–Trinajstić information content (AvgIpc) is 1.83. The summed E-state index contributed by atoms with van der Waals surface area (Å²) >= 11 is 0. The average molecular weight is 112 g/mol. The van der Waals surface area contributed by atoms with Crippen LogP contribution in [-0.4, -0.2) is 13.0 Å². The molecule has 1 radical (unpaired) electrons. The zero-order valence-electron chi connectivity index (χ0n) is 4.98. The molecular weight excluding hydrogens is 102 g/mol. The van der Waals surface area contributed by atoms with E-state index in [4.69, 9.17) is 0 Å². The van der Waals surface area contributed by atoms with Crippen LogP contribution in [0.4, 0.5) is 0 Å². The third-order valence-corrected chi connectivity index (χ3v) is 0.749. The van der Waals surface area contributed by atoms with Crippen molar-refractivity contribution < 1.29 is 4.79 Å². The van der Waals surface area contributed by atoms with Gasteiger partial charge in [-0.05, 0) is 6.92 Å². The number of rotatable bonds is 2. The van der Waals surface area contributed by atoms with Crippen molar-refractivity contribution in [2.75, 3.05) is 7.05 Å². The minimum absolute atomic E-state index is 0.0184. The zero-order valence-corrected chi connectivity index (χ0v) is 4.98. The highest BCUT2D eigenvalue weighted by Gasteiger charge is 1.88. The van der Waals surface area contributed by atoms with Gasteiger partial charge in [0, 0.05) is 13.5 Å². The van der Waals surface area contributed by atoms with Gasteiger partial charge in [-0.3, -0.25) is 4.79 Å². The van der Waals surface area contributed by atoms with Gasteiger partial charge in [-0.25, -0.2) is 0 Å². The molecule has 45 valence electrons. The van der Waals surface area contributed by atoms with Gasteiger partial charge in [-0.15, -0.1) is 0 Å². The molecule has 2 heteroatoms. The molecule has 1 N–H and O–H groups in total. The second-order valence-corrected chi connectivity index (χ2v) is 1.35. The number of carbonyl (C=O) groups excluding carboxylic acids is 1. The van der Waals surface area contributed by atoms with Crippen molar-refractivity contribution in [2.45, 2.75) is 6.42 Å². The van der Waals surface area contributed by atoms with E-state index in [-0.39, 0.29) is 5.91 Å². The maximum Gasteiger partial charge on any atom is 0.223 e. The number of carbonyl (C=O) groups is 1. The van der Waals surface area contributed by atoms with Gasteiger partial charge in [0.25, 0.3) is 0 Å². The Morgan fingerprint density at radius 1 is 1.88 bits per heavy atom. The van der Waals surface area contributed by atoms with Gasteiger partial charge >= 0.3 is 0 Å². The van der Waals surface area contributed by atoms with Crippen molar-refractivity contribution in [3.8, 4) is 0 Å². The standard InChI is InChI=1S/C6H10NO/c1-3-4-5-6(8)7-2/h3-4H,1,5H2,2H3,(H,7,8). The predicted molar refractivity (Wildman–Crippen MR) is 33.2 cm³/mol. The lowest BCUT2D eigenvalue weighted by molar-refractivity contribution is -0.119. The Hall–Kier alpha value is -0.790. The third-order valence-electron chi connectivity index (χ3n) is 0.749. The fourth-order valence-corrected chi connectivity index (χ4v) is 0.292. The molecule has 0 aromatic heterocycles. The summed E-state index contributed by atoms with van der Waals surface area (Å²) in [4.78, 5) is 10.4. The first-order chi connectivity index (χ1) is 3.81. The van der Waals surface area contributed by atoms with E-state index in [1.54, 1.807) is 19.2 Å². The first-order valence-electron chi connectivity index (χ1n) is 2.46. The van der Waals surface area contributed by atoms with Gasteiger partial charge in [0.05, 0.1) is 0 Å². The molecule has 0 fully saturated rings. The molecule has 8 heavy (non-hydrogen) atoms. The van der Waals surface area contributed by atoms with E-state index in [0.717, 1.165) is 0 Å². The normalized spacial score (nSPS) is 9.75. The highest BCUT2D eigenvalue weighted by Crippen LogP contribution is 1.79. The molecule has 0 atom stereocenters. The molecule has 0 bridgehead atoms. The Balaban J connectivity index is 3.25. The molecule has 0 saturated carbocycles. The summed E-state index contributed by atoms with van der Waals surface area (Å²) < 4.78 is 0. The van der Waals surface area contributed by atoms with E-state index in [1.165, 1.54) is 0 Å². The third kappa shape index (κ3) is 3.40. The summed E-state index contributed by atoms with van der Waals surface area (Å²) in [6.07, 6.45) is 3.74. The van der Waals surface area contributed by atoms with Crippen molar-refractivity contribution in [3.63, 3.8) is 0 Å². The first kappa shape index (κ1) is 7.21. The lowest BCUT2D eigenvalue weighted by Gasteiger charge is -1.89. The van der Waals surface area contributed by atoms with Crippen LogP contribution in [0.5, 0.6) is 0 Å². The molecule has 0 saturated heterocycles. The second-order valence-electron chi connectivity index (χ2n) is 1.35. The molecule has 0 unspecified atom stereocenters. The number of nitrogens with one attached hydrogen (secondary N) is 1. The molecule has 0 aromatic carbocycles. The van der Waals surface area contributed by atoms with Gasteiger partial charge in [0.15, 0.2) is 0 Å². The van der Waals surface area contributed by atoms with Crippen LogP contribution in [-0.2, 0) is 4.79 Å². The minimum Gasteiger partial charge on any atom is -0.359 e. The van der Waals surface area contributed by atoms with Crippen molar-refractivity contribution in [1.29, 1.82) is 0 Å². The number of allylic oxidation sites excluding steroid dienone is 1. The largest absolute Gasteiger partial charge is 0.359 e. The van der Waals surface area contributed by atoms with Crippen LogP contribution in [0.3, 0.4) is 0 Å². The van der Waals surface area contributed by atoms with E-state index in [2.05, 4.69) is 12.2 Å². The highest BCUT2D eigenvalue weighted by molar-refractivity contribution is 5.76. The minimum atomic E-state index is 0.0184. The van der Waals surface area contributed by atoms with Crippen LogP contribution in [0.1, 0.15) is 6.42 Å². The Morgan fingerprint density at radius 3 is 2.88 bits per heavy atom. The van der Waals surface area contributed by atoms with Crippen LogP contribution in [0, 0.1) is 6.92 Å². The molecule has 0 aliphatic carbocycles. The molecule has 0 heterocycles. The lowest BCUT2D eigenvalue weighted by Crippen LogP contribution is -2.15. The number of hydrogen-bond acceptors (Lipinski definition) is 1. The maximum absolute atomic E-state index is 10.4. The number of amides is 1. The van der Waals surface area contributed by atoms with Crippen LogP contribution < -0.4 is 5.32 Å². The predicted octanol–water partition coefficient (Wildman–Crippen LogP) is 0.513. The van der Waals surface area contributed by atoms with Crippen molar-refractivity contribution >= 4 is 5.91 Å². The van der Waals surface area contributed by atoms with Crippen LogP contribution in [0.15, 0.2) is 12.2 Å². The van der Waals surface area contributed by atoms with Crippen LogP contribution in [0.2, 0.25) is 0 Å². The quantitative estimate of drug-likeness (QED) is 0.554.